The van der Waals surface area contributed by atoms with Crippen LogP contribution in [0, 0.1) is 0 Å². The van der Waals surface area contributed by atoms with Gasteiger partial charge >= 0.3 is 5.97 Å². The molecule has 0 radical (unpaired) electrons. The molecule has 2 fully saturated rings. The molecule has 1 saturated carbocycles. The molecular formula is C11H20N2O3. The highest BCUT2D eigenvalue weighted by Gasteiger charge is 2.55. The van der Waals surface area contributed by atoms with E-state index in [1.165, 1.54) is 7.11 Å². The number of nitrogens with one attached hydrogen (secondary N) is 1. The lowest BCUT2D eigenvalue weighted by Gasteiger charge is -2.52. The molecule has 1 heterocycles. The molecule has 0 amide bonds. The quantitative estimate of drug-likeness (QED) is 0.667. The summed E-state index contributed by atoms with van der Waals surface area (Å²) in [6.07, 6.45) is 1.72. The van der Waals surface area contributed by atoms with Crippen molar-refractivity contribution in [3.63, 3.8) is 0 Å². The van der Waals surface area contributed by atoms with E-state index in [-0.39, 0.29) is 12.1 Å². The van der Waals surface area contributed by atoms with Gasteiger partial charge in [-0.15, -0.1) is 0 Å². The summed E-state index contributed by atoms with van der Waals surface area (Å²) in [5.74, 6) is -0.109. The van der Waals surface area contributed by atoms with Crippen LogP contribution in [-0.4, -0.2) is 62.9 Å². The predicted octanol–water partition coefficient (Wildman–Crippen LogP) is -0.388. The topological polar surface area (TPSA) is 50.8 Å². The van der Waals surface area contributed by atoms with Crippen molar-refractivity contribution in [2.45, 2.75) is 24.5 Å². The molecule has 2 aliphatic rings. The molecular weight excluding hydrogens is 208 g/mol. The Bertz CT molecular complexity index is 258. The van der Waals surface area contributed by atoms with Gasteiger partial charge in [-0.05, 0) is 0 Å². The van der Waals surface area contributed by atoms with E-state index in [1.54, 1.807) is 7.11 Å². The maximum Gasteiger partial charge on any atom is 0.326 e. The first-order chi connectivity index (χ1) is 7.73. The molecule has 1 saturated heterocycles. The first-order valence-corrected chi connectivity index (χ1v) is 5.80. The van der Waals surface area contributed by atoms with Gasteiger partial charge in [-0.2, -0.15) is 0 Å². The van der Waals surface area contributed by atoms with E-state index in [0.29, 0.717) is 0 Å². The van der Waals surface area contributed by atoms with E-state index in [4.69, 9.17) is 9.47 Å². The number of carbonyl (C=O) groups excluding carboxylic acids is 1. The number of nitrogens with zero attached hydrogens (tertiary/aromatic N) is 1. The van der Waals surface area contributed by atoms with Crippen LogP contribution < -0.4 is 5.32 Å². The Morgan fingerprint density at radius 2 is 1.94 bits per heavy atom. The average molecular weight is 228 g/mol. The Labute approximate surface area is 96.1 Å². The summed E-state index contributed by atoms with van der Waals surface area (Å²) in [5, 5.41) is 3.29. The van der Waals surface area contributed by atoms with Gasteiger partial charge in [0.15, 0.2) is 0 Å². The van der Waals surface area contributed by atoms with Crippen LogP contribution in [0.3, 0.4) is 0 Å². The number of ether oxygens (including phenoxy) is 2. The predicted molar refractivity (Wildman–Crippen MR) is 59.2 cm³/mol. The van der Waals surface area contributed by atoms with E-state index in [9.17, 15) is 4.79 Å². The molecule has 0 unspecified atom stereocenters. The number of hydrogen-bond donors (Lipinski definition) is 1. The van der Waals surface area contributed by atoms with Crippen molar-refractivity contribution in [1.29, 1.82) is 0 Å². The Hall–Kier alpha value is -0.650. The first-order valence-electron chi connectivity index (χ1n) is 5.80. The van der Waals surface area contributed by atoms with Gasteiger partial charge in [0.2, 0.25) is 0 Å². The van der Waals surface area contributed by atoms with Crippen LogP contribution in [0.5, 0.6) is 0 Å². The number of piperazine rings is 1. The van der Waals surface area contributed by atoms with Gasteiger partial charge in [0, 0.05) is 46.1 Å². The molecule has 0 aromatic rings. The fourth-order valence-electron chi connectivity index (χ4n) is 2.70. The largest absolute Gasteiger partial charge is 0.468 e. The van der Waals surface area contributed by atoms with Crippen molar-refractivity contribution in [2.75, 3.05) is 40.4 Å². The van der Waals surface area contributed by atoms with Gasteiger partial charge < -0.3 is 14.8 Å². The maximum absolute atomic E-state index is 11.9. The zero-order valence-electron chi connectivity index (χ0n) is 9.99. The summed E-state index contributed by atoms with van der Waals surface area (Å²) < 4.78 is 10.2. The standard InChI is InChI=1S/C11H20N2O3/c1-15-9-7-11(8-9,10(14)16-2)13-5-3-12-4-6-13/h9,12H,3-8H2,1-2H3. The van der Waals surface area contributed by atoms with Crippen molar-refractivity contribution >= 4 is 5.97 Å². The molecule has 92 valence electrons. The van der Waals surface area contributed by atoms with Crippen molar-refractivity contribution in [3.05, 3.63) is 0 Å². The SMILES string of the molecule is COC(=O)C1(N2CCNCC2)CC(OC)C1. The highest BCUT2D eigenvalue weighted by Crippen LogP contribution is 2.40. The number of carbonyl (C=O) groups is 1. The lowest BCUT2D eigenvalue weighted by Crippen LogP contribution is -2.68. The molecule has 5 heteroatoms. The highest BCUT2D eigenvalue weighted by atomic mass is 16.5. The second-order valence-electron chi connectivity index (χ2n) is 4.53. The molecule has 0 spiro atoms. The molecule has 1 aliphatic heterocycles. The molecule has 0 bridgehead atoms. The molecule has 0 atom stereocenters. The summed E-state index contributed by atoms with van der Waals surface area (Å²) in [6.45, 7) is 3.70. The van der Waals surface area contributed by atoms with E-state index in [2.05, 4.69) is 10.2 Å². The summed E-state index contributed by atoms with van der Waals surface area (Å²) in [5.41, 5.74) is -0.419. The van der Waals surface area contributed by atoms with Crippen LogP contribution in [0.1, 0.15) is 12.8 Å². The average Bonchev–Trinajstić information content (AvgIpc) is 2.29. The monoisotopic (exact) mass is 228 g/mol. The minimum Gasteiger partial charge on any atom is -0.468 e. The molecule has 1 N–H and O–H groups in total. The van der Waals surface area contributed by atoms with Gasteiger partial charge in [0.1, 0.15) is 5.54 Å². The lowest BCUT2D eigenvalue weighted by molar-refractivity contribution is -0.175. The smallest absolute Gasteiger partial charge is 0.326 e. The Balaban J connectivity index is 2.06. The molecule has 1 aliphatic carbocycles. The van der Waals surface area contributed by atoms with E-state index < -0.39 is 5.54 Å². The van der Waals surface area contributed by atoms with Gasteiger partial charge in [0.05, 0.1) is 13.2 Å². The minimum atomic E-state index is -0.419. The third-order valence-electron chi connectivity index (χ3n) is 3.75. The molecule has 0 aromatic carbocycles. The van der Waals surface area contributed by atoms with Crippen LogP contribution in [0.15, 0.2) is 0 Å². The fraction of sp³-hybridized carbons (Fsp3) is 0.909. The van der Waals surface area contributed by atoms with Gasteiger partial charge in [0.25, 0.3) is 0 Å². The molecule has 5 nitrogen and oxygen atoms in total. The van der Waals surface area contributed by atoms with Crippen molar-refractivity contribution in [2.24, 2.45) is 0 Å². The second-order valence-corrected chi connectivity index (χ2v) is 4.53. The Kier molecular flexibility index (Phi) is 3.47. The normalized spacial score (nSPS) is 35.5. The summed E-state index contributed by atoms with van der Waals surface area (Å²) in [6, 6.07) is 0. The Morgan fingerprint density at radius 3 is 2.44 bits per heavy atom. The lowest BCUT2D eigenvalue weighted by atomic mass is 9.72. The third-order valence-corrected chi connectivity index (χ3v) is 3.75. The van der Waals surface area contributed by atoms with Crippen LogP contribution in [0.4, 0.5) is 0 Å². The molecule has 2 rings (SSSR count). The third kappa shape index (κ3) is 1.83. The number of rotatable bonds is 3. The van der Waals surface area contributed by atoms with Crippen LogP contribution in [0.2, 0.25) is 0 Å². The van der Waals surface area contributed by atoms with E-state index in [1.807, 2.05) is 0 Å². The first kappa shape index (κ1) is 11.8. The second kappa shape index (κ2) is 4.69. The van der Waals surface area contributed by atoms with E-state index >= 15 is 0 Å². The molecule has 16 heavy (non-hydrogen) atoms. The van der Waals surface area contributed by atoms with Gasteiger partial charge in [-0.1, -0.05) is 0 Å². The van der Waals surface area contributed by atoms with Crippen molar-refractivity contribution in [3.8, 4) is 0 Å². The minimum absolute atomic E-state index is 0.109. The van der Waals surface area contributed by atoms with Crippen LogP contribution in [0.25, 0.3) is 0 Å². The number of esters is 1. The van der Waals surface area contributed by atoms with Crippen molar-refractivity contribution < 1.29 is 14.3 Å². The maximum atomic E-state index is 11.9. The van der Waals surface area contributed by atoms with Gasteiger partial charge in [-0.25, -0.2) is 0 Å². The zero-order chi connectivity index (χ0) is 11.6. The summed E-state index contributed by atoms with van der Waals surface area (Å²) in [4.78, 5) is 14.2. The van der Waals surface area contributed by atoms with Crippen molar-refractivity contribution in [1.82, 2.24) is 10.2 Å². The number of hydrogen-bond acceptors (Lipinski definition) is 5. The highest BCUT2D eigenvalue weighted by molar-refractivity contribution is 5.82. The van der Waals surface area contributed by atoms with Gasteiger partial charge in [-0.3, -0.25) is 9.69 Å². The summed E-state index contributed by atoms with van der Waals surface area (Å²) >= 11 is 0. The van der Waals surface area contributed by atoms with Crippen LogP contribution >= 0.6 is 0 Å². The summed E-state index contributed by atoms with van der Waals surface area (Å²) in [7, 11) is 3.16. The zero-order valence-corrected chi connectivity index (χ0v) is 9.99. The number of methoxy groups -OCH3 is 2. The molecule has 0 aromatic heterocycles. The van der Waals surface area contributed by atoms with Crippen LogP contribution in [-0.2, 0) is 14.3 Å². The Morgan fingerprint density at radius 1 is 1.31 bits per heavy atom. The van der Waals surface area contributed by atoms with E-state index in [0.717, 1.165) is 39.0 Å². The fourth-order valence-corrected chi connectivity index (χ4v) is 2.70.